The van der Waals surface area contributed by atoms with Crippen LogP contribution in [-0.4, -0.2) is 70.0 Å². The summed E-state index contributed by atoms with van der Waals surface area (Å²) in [4.78, 5) is 37.8. The Bertz CT molecular complexity index is 1860. The number of esters is 2. The van der Waals surface area contributed by atoms with Crippen molar-refractivity contribution in [2.24, 2.45) is 0 Å². The molecule has 0 heterocycles. The van der Waals surface area contributed by atoms with Gasteiger partial charge in [-0.3, -0.25) is 14.2 Å². The molecule has 0 aromatic heterocycles. The third-order valence-corrected chi connectivity index (χ3v) is 13.8. The SMILES string of the molecule is CC/C=C\C/C=C\C/C=C\C/C=C\C/C=C\C/C=C\C/C=C\C/C=C\CCCCCCCCCCCCCCCCCCC(=O)OC(COC(=O)CCCC/C=C\C/C=C\C/C=C\C/C=C\CC)COP(=O)([O-])OCC[N+](C)(C)C. The third-order valence-electron chi connectivity index (χ3n) is 12.9. The number of phosphoric ester groups is 1. The number of carbonyl (C=O) groups is 2. The summed E-state index contributed by atoms with van der Waals surface area (Å²) in [5, 5.41) is 0. The predicted octanol–water partition coefficient (Wildman–Crippen LogP) is 19.6. The van der Waals surface area contributed by atoms with Crippen LogP contribution in [-0.2, 0) is 32.7 Å². The molecule has 0 saturated carbocycles. The zero-order chi connectivity index (χ0) is 58.4. The first-order chi connectivity index (χ1) is 39.0. The number of nitrogens with zero attached hydrogens (tertiary/aromatic N) is 1. The Morgan fingerprint density at radius 3 is 1.02 bits per heavy atom. The van der Waals surface area contributed by atoms with Crippen molar-refractivity contribution in [1.29, 1.82) is 0 Å². The summed E-state index contributed by atoms with van der Waals surface area (Å²) in [5.41, 5.74) is 0. The fourth-order valence-corrected chi connectivity index (χ4v) is 8.80. The zero-order valence-electron chi connectivity index (χ0n) is 51.5. The first-order valence-electron chi connectivity index (χ1n) is 31.5. The van der Waals surface area contributed by atoms with Crippen molar-refractivity contribution < 1.29 is 42.1 Å². The molecule has 0 saturated heterocycles. The minimum absolute atomic E-state index is 0.0434. The maximum absolute atomic E-state index is 12.8. The van der Waals surface area contributed by atoms with Crippen molar-refractivity contribution in [3.05, 3.63) is 146 Å². The van der Waals surface area contributed by atoms with Gasteiger partial charge in [-0.1, -0.05) is 250 Å². The second kappa shape index (κ2) is 59.5. The van der Waals surface area contributed by atoms with Crippen molar-refractivity contribution in [3.63, 3.8) is 0 Å². The monoisotopic (exact) mass is 1130 g/mol. The van der Waals surface area contributed by atoms with E-state index in [9.17, 15) is 19.0 Å². The second-order valence-electron chi connectivity index (χ2n) is 21.7. The lowest BCUT2D eigenvalue weighted by molar-refractivity contribution is -0.870. The molecule has 10 heteroatoms. The molecule has 80 heavy (non-hydrogen) atoms. The van der Waals surface area contributed by atoms with Gasteiger partial charge in [0.25, 0.3) is 7.82 Å². The van der Waals surface area contributed by atoms with Crippen molar-refractivity contribution in [2.75, 3.05) is 47.5 Å². The minimum atomic E-state index is -4.65. The van der Waals surface area contributed by atoms with E-state index in [1.807, 2.05) is 21.1 Å². The second-order valence-corrected chi connectivity index (χ2v) is 23.1. The number of unbranched alkanes of at least 4 members (excludes halogenated alkanes) is 18. The van der Waals surface area contributed by atoms with Crippen LogP contribution in [0.25, 0.3) is 0 Å². The van der Waals surface area contributed by atoms with Gasteiger partial charge in [-0.25, -0.2) is 0 Å². The highest BCUT2D eigenvalue weighted by molar-refractivity contribution is 7.45. The lowest BCUT2D eigenvalue weighted by Gasteiger charge is -2.28. The standard InChI is InChI=1S/C70H116NO8P/c1-6-8-10-12-14-16-18-20-22-23-24-25-26-27-28-29-30-31-32-33-34-35-36-37-38-39-40-41-42-43-44-45-46-47-49-51-53-55-57-59-61-63-70(73)79-68(67-78-80(74,75)77-65-64-71(3,4)5)66-76-69(72)62-60-58-56-54-52-50-48-21-19-17-15-13-11-9-7-2/h8-11,14-17,20-22,24-25,27-28,30-31,33-34,36-37,48,52,54,68H,6-7,12-13,18-19,23,26,29,32,35,38-47,49-51,53,55-67H2,1-5H3/b10-8-,11-9-,16-14-,17-15-,22-20-,25-24-,28-27-,31-30-,34-33-,37-36-,48-21-,54-52-. The van der Waals surface area contributed by atoms with Gasteiger partial charge >= 0.3 is 11.9 Å². The molecule has 0 rings (SSSR count). The van der Waals surface area contributed by atoms with Crippen LogP contribution in [0.3, 0.4) is 0 Å². The highest BCUT2D eigenvalue weighted by atomic mass is 31.2. The minimum Gasteiger partial charge on any atom is -0.756 e. The number of hydrogen-bond acceptors (Lipinski definition) is 8. The Morgan fingerprint density at radius 1 is 0.388 bits per heavy atom. The van der Waals surface area contributed by atoms with Crippen LogP contribution in [0.4, 0.5) is 0 Å². The molecule has 0 amide bonds. The van der Waals surface area contributed by atoms with E-state index in [1.54, 1.807) is 0 Å². The Balaban J connectivity index is 4.03. The average molecular weight is 1130 g/mol. The molecule has 0 N–H and O–H groups in total. The highest BCUT2D eigenvalue weighted by Crippen LogP contribution is 2.38. The zero-order valence-corrected chi connectivity index (χ0v) is 52.4. The lowest BCUT2D eigenvalue weighted by atomic mass is 10.0. The molecule has 0 radical (unpaired) electrons. The van der Waals surface area contributed by atoms with E-state index in [0.29, 0.717) is 23.9 Å². The molecular weight excluding hydrogens is 1010 g/mol. The molecule has 2 atom stereocenters. The summed E-state index contributed by atoms with van der Waals surface area (Å²) in [6.07, 6.45) is 87.9. The third kappa shape index (κ3) is 63.1. The van der Waals surface area contributed by atoms with Gasteiger partial charge in [0.05, 0.1) is 27.7 Å². The van der Waals surface area contributed by atoms with Crippen LogP contribution >= 0.6 is 7.82 Å². The largest absolute Gasteiger partial charge is 0.756 e. The number of allylic oxidation sites excluding steroid dienone is 24. The van der Waals surface area contributed by atoms with Crippen molar-refractivity contribution in [2.45, 2.75) is 238 Å². The van der Waals surface area contributed by atoms with Crippen LogP contribution in [0.5, 0.6) is 0 Å². The molecule has 0 aliphatic heterocycles. The maximum Gasteiger partial charge on any atom is 0.306 e. The summed E-state index contributed by atoms with van der Waals surface area (Å²) >= 11 is 0. The molecule has 2 unspecified atom stereocenters. The maximum atomic E-state index is 12.8. The molecule has 0 fully saturated rings. The normalized spacial score (nSPS) is 14.2. The molecule has 0 aliphatic carbocycles. The number of ether oxygens (including phenoxy) is 2. The van der Waals surface area contributed by atoms with Crippen LogP contribution < -0.4 is 4.89 Å². The van der Waals surface area contributed by atoms with Crippen LogP contribution in [0.2, 0.25) is 0 Å². The molecular formula is C70H116NO8P. The quantitative estimate of drug-likeness (QED) is 0.0195. The van der Waals surface area contributed by atoms with Gasteiger partial charge in [0.1, 0.15) is 19.8 Å². The summed E-state index contributed by atoms with van der Waals surface area (Å²) in [7, 11) is 1.13. The molecule has 0 bridgehead atoms. The topological polar surface area (TPSA) is 111 Å². The van der Waals surface area contributed by atoms with E-state index in [0.717, 1.165) is 109 Å². The molecule has 9 nitrogen and oxygen atoms in total. The van der Waals surface area contributed by atoms with Gasteiger partial charge < -0.3 is 27.9 Å². The van der Waals surface area contributed by atoms with Gasteiger partial charge in [-0.2, -0.15) is 0 Å². The molecule has 0 aliphatic rings. The van der Waals surface area contributed by atoms with E-state index in [1.165, 1.54) is 83.5 Å². The summed E-state index contributed by atoms with van der Waals surface area (Å²) < 4.78 is 34.1. The summed E-state index contributed by atoms with van der Waals surface area (Å²) in [5.74, 6) is -0.888. The average Bonchev–Trinajstić information content (AvgIpc) is 3.42. The number of hydrogen-bond donors (Lipinski definition) is 0. The summed E-state index contributed by atoms with van der Waals surface area (Å²) in [6.45, 7) is 3.95. The Hall–Kier alpha value is -4.11. The Kier molecular flexibility index (Phi) is 56.5. The molecule has 0 aromatic rings. The smallest absolute Gasteiger partial charge is 0.306 e. The van der Waals surface area contributed by atoms with E-state index >= 15 is 0 Å². The number of likely N-dealkylation sites (N-methyl/N-ethyl adjacent to an activating group) is 1. The van der Waals surface area contributed by atoms with Gasteiger partial charge in [0.15, 0.2) is 6.10 Å². The first-order valence-corrected chi connectivity index (χ1v) is 33.0. The lowest BCUT2D eigenvalue weighted by Crippen LogP contribution is -2.37. The Morgan fingerprint density at radius 2 is 0.675 bits per heavy atom. The van der Waals surface area contributed by atoms with E-state index in [4.69, 9.17) is 18.5 Å². The molecule has 0 spiro atoms. The van der Waals surface area contributed by atoms with Crippen LogP contribution in [0.15, 0.2) is 146 Å². The molecule has 454 valence electrons. The van der Waals surface area contributed by atoms with Gasteiger partial charge in [0.2, 0.25) is 0 Å². The van der Waals surface area contributed by atoms with Crippen molar-refractivity contribution in [1.82, 2.24) is 0 Å². The number of carbonyl (C=O) groups excluding carboxylic acids is 2. The fourth-order valence-electron chi connectivity index (χ4n) is 8.07. The summed E-state index contributed by atoms with van der Waals surface area (Å²) in [6, 6.07) is 0. The molecule has 0 aromatic carbocycles. The van der Waals surface area contributed by atoms with Crippen molar-refractivity contribution >= 4 is 19.8 Å². The first kappa shape index (κ1) is 75.9. The highest BCUT2D eigenvalue weighted by Gasteiger charge is 2.22. The van der Waals surface area contributed by atoms with Crippen LogP contribution in [0.1, 0.15) is 232 Å². The van der Waals surface area contributed by atoms with Gasteiger partial charge in [-0.15, -0.1) is 0 Å². The van der Waals surface area contributed by atoms with Gasteiger partial charge in [-0.05, 0) is 116 Å². The van der Waals surface area contributed by atoms with Crippen LogP contribution in [0, 0.1) is 0 Å². The predicted molar refractivity (Wildman–Crippen MR) is 341 cm³/mol. The van der Waals surface area contributed by atoms with Crippen molar-refractivity contribution in [3.8, 4) is 0 Å². The Labute approximate surface area is 491 Å². The number of rotatable bonds is 56. The number of quaternary nitrogens is 1. The fraction of sp³-hybridized carbons (Fsp3) is 0.629. The van der Waals surface area contributed by atoms with E-state index in [2.05, 4.69) is 160 Å². The number of phosphoric acid groups is 1. The van der Waals surface area contributed by atoms with E-state index < -0.39 is 32.5 Å². The van der Waals surface area contributed by atoms with Gasteiger partial charge in [0, 0.05) is 12.8 Å². The van der Waals surface area contributed by atoms with E-state index in [-0.39, 0.29) is 26.1 Å².